The molecule has 0 radical (unpaired) electrons. The average molecular weight is 297 g/mol. The summed E-state index contributed by atoms with van der Waals surface area (Å²) in [5.41, 5.74) is -0.365. The Bertz CT molecular complexity index is 434. The minimum Gasteiger partial charge on any atom is -0.396 e. The van der Waals surface area contributed by atoms with Crippen molar-refractivity contribution in [1.82, 2.24) is 15.6 Å². The van der Waals surface area contributed by atoms with E-state index in [2.05, 4.69) is 15.6 Å². The predicted octanol–water partition coefficient (Wildman–Crippen LogP) is 2.44. The molecular weight excluding hydrogens is 274 g/mol. The molecular formula is C14H23N3O2S. The summed E-state index contributed by atoms with van der Waals surface area (Å²) >= 11 is 1.58. The van der Waals surface area contributed by atoms with Crippen molar-refractivity contribution in [2.24, 2.45) is 5.92 Å². The van der Waals surface area contributed by atoms with Crippen LogP contribution in [0.15, 0.2) is 11.6 Å². The van der Waals surface area contributed by atoms with Crippen LogP contribution in [0.4, 0.5) is 4.79 Å². The second kappa shape index (κ2) is 6.54. The van der Waals surface area contributed by atoms with E-state index in [9.17, 15) is 4.79 Å². The van der Waals surface area contributed by atoms with Gasteiger partial charge in [-0.3, -0.25) is 0 Å². The fraction of sp³-hybridized carbons (Fsp3) is 0.714. The highest BCUT2D eigenvalue weighted by Gasteiger charge is 2.35. The first-order chi connectivity index (χ1) is 9.58. The van der Waals surface area contributed by atoms with Gasteiger partial charge in [-0.2, -0.15) is 0 Å². The predicted molar refractivity (Wildman–Crippen MR) is 79.6 cm³/mol. The number of urea groups is 1. The Balaban J connectivity index is 1.95. The van der Waals surface area contributed by atoms with Crippen LogP contribution in [0.1, 0.15) is 50.6 Å². The number of aromatic nitrogens is 1. The van der Waals surface area contributed by atoms with Crippen LogP contribution in [0.3, 0.4) is 0 Å². The Morgan fingerprint density at radius 1 is 1.65 bits per heavy atom. The zero-order valence-corrected chi connectivity index (χ0v) is 12.9. The van der Waals surface area contributed by atoms with E-state index in [0.717, 1.165) is 24.3 Å². The van der Waals surface area contributed by atoms with Crippen LogP contribution >= 0.6 is 11.3 Å². The lowest BCUT2D eigenvalue weighted by atomic mass is 9.95. The molecule has 20 heavy (non-hydrogen) atoms. The maximum Gasteiger partial charge on any atom is 0.315 e. The molecule has 0 saturated heterocycles. The lowest BCUT2D eigenvalue weighted by molar-refractivity contribution is 0.197. The minimum absolute atomic E-state index is 0.0187. The van der Waals surface area contributed by atoms with E-state index in [-0.39, 0.29) is 24.2 Å². The van der Waals surface area contributed by atoms with Gasteiger partial charge in [-0.1, -0.05) is 6.92 Å². The second-order valence-electron chi connectivity index (χ2n) is 5.67. The zero-order valence-electron chi connectivity index (χ0n) is 12.1. The largest absolute Gasteiger partial charge is 0.396 e. The molecule has 2 atom stereocenters. The molecule has 1 aromatic rings. The van der Waals surface area contributed by atoms with Gasteiger partial charge in [0.1, 0.15) is 5.01 Å². The van der Waals surface area contributed by atoms with E-state index in [1.54, 1.807) is 17.5 Å². The van der Waals surface area contributed by atoms with Crippen LogP contribution in [-0.2, 0) is 0 Å². The molecule has 1 aromatic heterocycles. The fourth-order valence-corrected chi connectivity index (χ4v) is 3.01. The van der Waals surface area contributed by atoms with E-state index in [4.69, 9.17) is 5.11 Å². The highest BCUT2D eigenvalue weighted by Crippen LogP contribution is 2.41. The molecule has 1 saturated carbocycles. The number of carbonyl (C=O) groups is 1. The molecule has 2 amide bonds. The molecule has 3 N–H and O–H groups in total. The number of thiazole rings is 1. The quantitative estimate of drug-likeness (QED) is 0.723. The highest BCUT2D eigenvalue weighted by atomic mass is 32.1. The number of nitrogens with one attached hydrogen (secondary N) is 2. The number of hydrogen-bond donors (Lipinski definition) is 3. The third-order valence-corrected chi connectivity index (χ3v) is 4.82. The number of aliphatic hydroxyl groups is 1. The summed E-state index contributed by atoms with van der Waals surface area (Å²) in [6.45, 7) is 4.04. The molecule has 1 aliphatic carbocycles. The van der Waals surface area contributed by atoms with Crippen molar-refractivity contribution < 1.29 is 9.90 Å². The van der Waals surface area contributed by atoms with Crippen molar-refractivity contribution >= 4 is 17.4 Å². The first-order valence-electron chi connectivity index (χ1n) is 7.17. The van der Waals surface area contributed by atoms with Crippen LogP contribution < -0.4 is 10.6 Å². The van der Waals surface area contributed by atoms with Crippen molar-refractivity contribution in [2.75, 3.05) is 6.61 Å². The summed E-state index contributed by atoms with van der Waals surface area (Å²) in [5, 5.41) is 18.0. The second-order valence-corrected chi connectivity index (χ2v) is 6.60. The fourth-order valence-electron chi connectivity index (χ4n) is 2.22. The van der Waals surface area contributed by atoms with Gasteiger partial charge in [-0.05, 0) is 38.5 Å². The SMILES string of the molecule is CCC(C)(CCO)NC(=O)NC(c1nccs1)C1CC1. The number of nitrogens with zero attached hydrogens (tertiary/aromatic N) is 1. The van der Waals surface area contributed by atoms with Crippen LogP contribution in [0.5, 0.6) is 0 Å². The van der Waals surface area contributed by atoms with Gasteiger partial charge in [0.05, 0.1) is 6.04 Å². The standard InChI is InChI=1S/C14H23N3O2S/c1-3-14(2,6-8-18)17-13(19)16-11(10-4-5-10)12-15-7-9-20-12/h7,9-11,18H,3-6,8H2,1-2H3,(H2,16,17,19). The van der Waals surface area contributed by atoms with E-state index in [0.29, 0.717) is 12.3 Å². The number of rotatable bonds is 7. The molecule has 0 aliphatic heterocycles. The summed E-state index contributed by atoms with van der Waals surface area (Å²) in [5.74, 6) is 0.512. The lowest BCUT2D eigenvalue weighted by Gasteiger charge is -2.30. The Labute approximate surface area is 123 Å². The number of amides is 2. The maximum absolute atomic E-state index is 12.2. The van der Waals surface area contributed by atoms with Gasteiger partial charge in [-0.15, -0.1) is 11.3 Å². The topological polar surface area (TPSA) is 74.2 Å². The lowest BCUT2D eigenvalue weighted by Crippen LogP contribution is -2.51. The monoisotopic (exact) mass is 297 g/mol. The third kappa shape index (κ3) is 3.93. The van der Waals surface area contributed by atoms with Gasteiger partial charge in [-0.25, -0.2) is 9.78 Å². The molecule has 1 heterocycles. The summed E-state index contributed by atoms with van der Waals surface area (Å²) in [6, 6.07) is -0.153. The van der Waals surface area contributed by atoms with Gasteiger partial charge < -0.3 is 15.7 Å². The highest BCUT2D eigenvalue weighted by molar-refractivity contribution is 7.09. The van der Waals surface area contributed by atoms with Gasteiger partial charge in [0.2, 0.25) is 0 Å². The van der Waals surface area contributed by atoms with Crippen LogP contribution in [-0.4, -0.2) is 28.3 Å². The van der Waals surface area contributed by atoms with E-state index in [1.165, 1.54) is 0 Å². The van der Waals surface area contributed by atoms with Gasteiger partial charge in [0.15, 0.2) is 0 Å². The molecule has 0 aromatic carbocycles. The molecule has 1 fully saturated rings. The summed E-state index contributed by atoms with van der Waals surface area (Å²) < 4.78 is 0. The van der Waals surface area contributed by atoms with Gasteiger partial charge >= 0.3 is 6.03 Å². The van der Waals surface area contributed by atoms with E-state index in [1.807, 2.05) is 19.2 Å². The third-order valence-electron chi connectivity index (χ3n) is 3.96. The Kier molecular flexibility index (Phi) is 4.99. The summed E-state index contributed by atoms with van der Waals surface area (Å²) in [7, 11) is 0. The first-order valence-corrected chi connectivity index (χ1v) is 8.05. The summed E-state index contributed by atoms with van der Waals surface area (Å²) in [4.78, 5) is 16.5. The number of carbonyl (C=O) groups excluding carboxylic acids is 1. The Hall–Kier alpha value is -1.14. The Morgan fingerprint density at radius 3 is 2.90 bits per heavy atom. The van der Waals surface area contributed by atoms with Crippen molar-refractivity contribution in [3.8, 4) is 0 Å². The van der Waals surface area contributed by atoms with Crippen LogP contribution in [0, 0.1) is 5.92 Å². The smallest absolute Gasteiger partial charge is 0.315 e. The molecule has 112 valence electrons. The molecule has 2 unspecified atom stereocenters. The normalized spacial score (nSPS) is 19.1. The van der Waals surface area contributed by atoms with Crippen molar-refractivity contribution in [1.29, 1.82) is 0 Å². The maximum atomic E-state index is 12.2. The van der Waals surface area contributed by atoms with Gasteiger partial charge in [0, 0.05) is 23.7 Å². The van der Waals surface area contributed by atoms with E-state index >= 15 is 0 Å². The van der Waals surface area contributed by atoms with Crippen LogP contribution in [0.2, 0.25) is 0 Å². The van der Waals surface area contributed by atoms with Crippen molar-refractivity contribution in [3.05, 3.63) is 16.6 Å². The number of hydrogen-bond acceptors (Lipinski definition) is 4. The molecule has 5 nitrogen and oxygen atoms in total. The van der Waals surface area contributed by atoms with E-state index < -0.39 is 0 Å². The van der Waals surface area contributed by atoms with Crippen LogP contribution in [0.25, 0.3) is 0 Å². The van der Waals surface area contributed by atoms with Crippen molar-refractivity contribution in [2.45, 2.75) is 51.1 Å². The molecule has 2 rings (SSSR count). The minimum atomic E-state index is -0.365. The zero-order chi connectivity index (χ0) is 14.6. The molecule has 0 bridgehead atoms. The molecule has 0 spiro atoms. The average Bonchev–Trinajstić information content (AvgIpc) is 3.11. The summed E-state index contributed by atoms with van der Waals surface area (Å²) in [6.07, 6.45) is 5.41. The molecule has 6 heteroatoms. The number of aliphatic hydroxyl groups excluding tert-OH is 1. The van der Waals surface area contributed by atoms with Crippen molar-refractivity contribution in [3.63, 3.8) is 0 Å². The first kappa shape index (κ1) is 15.3. The van der Waals surface area contributed by atoms with Gasteiger partial charge in [0.25, 0.3) is 0 Å². The Morgan fingerprint density at radius 2 is 2.40 bits per heavy atom. The molecule has 1 aliphatic rings.